The van der Waals surface area contributed by atoms with Crippen LogP contribution >= 0.6 is 0 Å². The Labute approximate surface area is 159 Å². The number of fused-ring (bicyclic) bond motifs is 1. The highest BCUT2D eigenvalue weighted by Crippen LogP contribution is 2.32. The number of urea groups is 1. The van der Waals surface area contributed by atoms with Gasteiger partial charge in [-0.05, 0) is 24.1 Å². The quantitative estimate of drug-likeness (QED) is 0.905. The molecule has 0 aromatic heterocycles. The average molecular weight is 367 g/mol. The number of nitrogens with zero attached hydrogens (tertiary/aromatic N) is 2. The fourth-order valence-electron chi connectivity index (χ4n) is 3.50. The number of carbonyl (C=O) groups is 1. The van der Waals surface area contributed by atoms with Crippen molar-refractivity contribution in [3.63, 3.8) is 0 Å². The van der Waals surface area contributed by atoms with Gasteiger partial charge in [0.2, 0.25) is 0 Å². The summed E-state index contributed by atoms with van der Waals surface area (Å²) in [6.07, 6.45) is 0.974. The van der Waals surface area contributed by atoms with Crippen molar-refractivity contribution >= 4 is 11.7 Å². The maximum Gasteiger partial charge on any atom is 0.321 e. The number of hydrogen-bond donors (Lipinski definition) is 1. The highest BCUT2D eigenvalue weighted by molar-refractivity contribution is 5.89. The van der Waals surface area contributed by atoms with Gasteiger partial charge in [-0.3, -0.25) is 4.90 Å². The van der Waals surface area contributed by atoms with Gasteiger partial charge in [0.05, 0.1) is 0 Å². The van der Waals surface area contributed by atoms with Crippen molar-refractivity contribution in [3.8, 4) is 11.5 Å². The molecule has 1 N–H and O–H groups in total. The molecule has 2 aromatic rings. The molecule has 2 heterocycles. The third-order valence-corrected chi connectivity index (χ3v) is 4.92. The third kappa shape index (κ3) is 4.52. The second-order valence-corrected chi connectivity index (χ2v) is 6.89. The van der Waals surface area contributed by atoms with Gasteiger partial charge in [0.25, 0.3) is 0 Å². The summed E-state index contributed by atoms with van der Waals surface area (Å²) in [4.78, 5) is 17.0. The predicted octanol–water partition coefficient (Wildman–Crippen LogP) is 3.20. The molecule has 0 atom stereocenters. The van der Waals surface area contributed by atoms with Gasteiger partial charge in [-0.25, -0.2) is 4.79 Å². The van der Waals surface area contributed by atoms with Crippen molar-refractivity contribution in [2.45, 2.75) is 13.0 Å². The predicted molar refractivity (Wildman–Crippen MR) is 104 cm³/mol. The molecule has 0 saturated carbocycles. The van der Waals surface area contributed by atoms with Crippen molar-refractivity contribution in [1.29, 1.82) is 0 Å². The highest BCUT2D eigenvalue weighted by Gasteiger charge is 2.20. The molecule has 0 aliphatic carbocycles. The largest absolute Gasteiger partial charge is 0.486 e. The molecule has 0 spiro atoms. The minimum Gasteiger partial charge on any atom is -0.486 e. The highest BCUT2D eigenvalue weighted by atomic mass is 16.6. The number of benzene rings is 2. The van der Waals surface area contributed by atoms with E-state index < -0.39 is 0 Å². The van der Waals surface area contributed by atoms with E-state index >= 15 is 0 Å². The number of hydrogen-bond acceptors (Lipinski definition) is 4. The molecule has 2 amide bonds. The number of carbonyl (C=O) groups excluding carboxylic acids is 1. The average Bonchev–Trinajstić information content (AvgIpc) is 2.94. The van der Waals surface area contributed by atoms with E-state index in [0.29, 0.717) is 19.0 Å². The fourth-order valence-corrected chi connectivity index (χ4v) is 3.50. The van der Waals surface area contributed by atoms with Crippen LogP contribution in [0.5, 0.6) is 11.5 Å². The van der Waals surface area contributed by atoms with Gasteiger partial charge in [-0.15, -0.1) is 0 Å². The summed E-state index contributed by atoms with van der Waals surface area (Å²) in [5.41, 5.74) is 2.04. The van der Waals surface area contributed by atoms with E-state index in [0.717, 1.165) is 50.6 Å². The molecule has 4 rings (SSSR count). The Morgan fingerprint density at radius 1 is 0.926 bits per heavy atom. The first-order chi connectivity index (χ1) is 13.3. The molecule has 2 aliphatic rings. The second kappa shape index (κ2) is 8.31. The van der Waals surface area contributed by atoms with Crippen LogP contribution in [0, 0.1) is 0 Å². The number of anilines is 1. The molecule has 142 valence electrons. The lowest BCUT2D eigenvalue weighted by molar-refractivity contribution is 0.171. The van der Waals surface area contributed by atoms with E-state index in [1.807, 2.05) is 29.2 Å². The minimum atomic E-state index is -0.0618. The summed E-state index contributed by atoms with van der Waals surface area (Å²) in [6, 6.07) is 15.9. The number of nitrogens with one attached hydrogen (secondary N) is 1. The van der Waals surface area contributed by atoms with E-state index in [-0.39, 0.29) is 6.03 Å². The van der Waals surface area contributed by atoms with Crippen LogP contribution in [-0.2, 0) is 6.54 Å². The van der Waals surface area contributed by atoms with Crippen LogP contribution < -0.4 is 14.8 Å². The van der Waals surface area contributed by atoms with Crippen LogP contribution in [0.1, 0.15) is 12.0 Å². The Morgan fingerprint density at radius 3 is 2.59 bits per heavy atom. The van der Waals surface area contributed by atoms with Crippen LogP contribution in [0.2, 0.25) is 0 Å². The smallest absolute Gasteiger partial charge is 0.321 e. The van der Waals surface area contributed by atoms with Crippen LogP contribution in [0.4, 0.5) is 10.5 Å². The topological polar surface area (TPSA) is 54.0 Å². The molecule has 1 fully saturated rings. The van der Waals surface area contributed by atoms with Crippen molar-refractivity contribution in [2.75, 3.05) is 44.7 Å². The molecule has 0 bridgehead atoms. The molecule has 2 aliphatic heterocycles. The summed E-state index contributed by atoms with van der Waals surface area (Å²) in [6.45, 7) is 5.40. The van der Waals surface area contributed by atoms with Gasteiger partial charge in [0, 0.05) is 44.5 Å². The second-order valence-electron chi connectivity index (χ2n) is 6.89. The Morgan fingerprint density at radius 2 is 1.74 bits per heavy atom. The Hall–Kier alpha value is -2.73. The normalized spacial score (nSPS) is 17.3. The summed E-state index contributed by atoms with van der Waals surface area (Å²) in [5.74, 6) is 1.41. The molecule has 2 aromatic carbocycles. The van der Waals surface area contributed by atoms with Crippen LogP contribution in [0.15, 0.2) is 48.5 Å². The lowest BCUT2D eigenvalue weighted by Gasteiger charge is -2.23. The molecule has 6 heteroatoms. The molecular formula is C21H25N3O3. The SMILES string of the molecule is O=C(Nc1ccc2c(c1)OCCO2)N1CCCN(Cc2ccccc2)CC1. The van der Waals surface area contributed by atoms with Gasteiger partial charge in [0.1, 0.15) is 13.2 Å². The molecule has 0 radical (unpaired) electrons. The first-order valence-electron chi connectivity index (χ1n) is 9.50. The van der Waals surface area contributed by atoms with E-state index in [2.05, 4.69) is 34.5 Å². The van der Waals surface area contributed by atoms with Gasteiger partial charge in [-0.1, -0.05) is 30.3 Å². The zero-order valence-corrected chi connectivity index (χ0v) is 15.4. The monoisotopic (exact) mass is 367 g/mol. The molecular weight excluding hydrogens is 342 g/mol. The maximum absolute atomic E-state index is 12.7. The number of ether oxygens (including phenoxy) is 2. The van der Waals surface area contributed by atoms with Crippen LogP contribution in [-0.4, -0.2) is 55.2 Å². The third-order valence-electron chi connectivity index (χ3n) is 4.92. The first-order valence-corrected chi connectivity index (χ1v) is 9.50. The minimum absolute atomic E-state index is 0.0618. The number of amides is 2. The zero-order chi connectivity index (χ0) is 18.5. The molecule has 0 unspecified atom stereocenters. The number of rotatable bonds is 3. The Balaban J connectivity index is 1.33. The lowest BCUT2D eigenvalue weighted by Crippen LogP contribution is -2.38. The van der Waals surface area contributed by atoms with Gasteiger partial charge in [0.15, 0.2) is 11.5 Å². The van der Waals surface area contributed by atoms with Gasteiger partial charge in [-0.2, -0.15) is 0 Å². The van der Waals surface area contributed by atoms with E-state index in [9.17, 15) is 4.79 Å². The zero-order valence-electron chi connectivity index (χ0n) is 15.4. The Kier molecular flexibility index (Phi) is 5.44. The fraction of sp³-hybridized carbons (Fsp3) is 0.381. The van der Waals surface area contributed by atoms with Crippen molar-refractivity contribution < 1.29 is 14.3 Å². The van der Waals surface area contributed by atoms with Gasteiger partial charge >= 0.3 is 6.03 Å². The van der Waals surface area contributed by atoms with E-state index in [1.54, 1.807) is 0 Å². The summed E-state index contributed by atoms with van der Waals surface area (Å²) >= 11 is 0. The summed E-state index contributed by atoms with van der Waals surface area (Å²) in [7, 11) is 0. The maximum atomic E-state index is 12.7. The van der Waals surface area contributed by atoms with Crippen molar-refractivity contribution in [3.05, 3.63) is 54.1 Å². The van der Waals surface area contributed by atoms with Gasteiger partial charge < -0.3 is 19.7 Å². The summed E-state index contributed by atoms with van der Waals surface area (Å²) < 4.78 is 11.1. The molecule has 27 heavy (non-hydrogen) atoms. The summed E-state index contributed by atoms with van der Waals surface area (Å²) in [5, 5.41) is 2.99. The molecule has 6 nitrogen and oxygen atoms in total. The van der Waals surface area contributed by atoms with E-state index in [1.165, 1.54) is 5.56 Å². The van der Waals surface area contributed by atoms with Crippen LogP contribution in [0.25, 0.3) is 0 Å². The lowest BCUT2D eigenvalue weighted by atomic mass is 10.2. The van der Waals surface area contributed by atoms with Crippen molar-refractivity contribution in [1.82, 2.24) is 9.80 Å². The standard InChI is InChI=1S/C21H25N3O3/c25-21(22-18-7-8-19-20(15-18)27-14-13-26-19)24-10-4-9-23(11-12-24)16-17-5-2-1-3-6-17/h1-3,5-8,15H,4,9-14,16H2,(H,22,25). The Bertz CT molecular complexity index is 781. The molecule has 1 saturated heterocycles. The van der Waals surface area contributed by atoms with Crippen LogP contribution in [0.3, 0.4) is 0 Å². The van der Waals surface area contributed by atoms with Crippen molar-refractivity contribution in [2.24, 2.45) is 0 Å². The van der Waals surface area contributed by atoms with E-state index in [4.69, 9.17) is 9.47 Å². The first kappa shape index (κ1) is 17.7.